The Morgan fingerprint density at radius 3 is 2.54 bits per heavy atom. The van der Waals surface area contributed by atoms with Gasteiger partial charge in [-0.2, -0.15) is 0 Å². The average molecular weight is 400 g/mol. The van der Waals surface area contributed by atoms with Crippen molar-refractivity contribution < 1.29 is 14.3 Å². The first-order valence-corrected chi connectivity index (χ1v) is 10.3. The molecule has 1 aromatic heterocycles. The van der Waals surface area contributed by atoms with Crippen LogP contribution < -0.4 is 5.32 Å². The van der Waals surface area contributed by atoms with E-state index in [0.29, 0.717) is 12.3 Å². The summed E-state index contributed by atoms with van der Waals surface area (Å²) >= 11 is 1.44. The number of thioether (sulfide) groups is 1. The highest BCUT2D eigenvalue weighted by atomic mass is 32.2. The number of carbonyl (C=O) groups is 2. The summed E-state index contributed by atoms with van der Waals surface area (Å²) in [6, 6.07) is 14.9. The van der Waals surface area contributed by atoms with Crippen LogP contribution in [0, 0.1) is 0 Å². The fraction of sp³-hybridized carbons (Fsp3) is 0.381. The number of aromatic nitrogens is 1. The number of rotatable bonds is 4. The predicted octanol–water partition coefficient (Wildman–Crippen LogP) is 3.60. The molecule has 7 heteroatoms. The van der Waals surface area contributed by atoms with Gasteiger partial charge in [-0.1, -0.05) is 36.4 Å². The molecule has 6 nitrogen and oxygen atoms in total. The van der Waals surface area contributed by atoms with Gasteiger partial charge in [-0.25, -0.2) is 4.79 Å². The van der Waals surface area contributed by atoms with Crippen molar-refractivity contribution in [2.75, 3.05) is 12.3 Å². The van der Waals surface area contributed by atoms with Crippen LogP contribution in [0.1, 0.15) is 38.1 Å². The predicted molar refractivity (Wildman–Crippen MR) is 110 cm³/mol. The quantitative estimate of drug-likeness (QED) is 0.851. The fourth-order valence-electron chi connectivity index (χ4n) is 2.93. The summed E-state index contributed by atoms with van der Waals surface area (Å²) < 4.78 is 5.46. The van der Waals surface area contributed by atoms with Gasteiger partial charge >= 0.3 is 6.09 Å². The van der Waals surface area contributed by atoms with Crippen LogP contribution in [0.25, 0.3) is 0 Å². The number of benzene rings is 1. The third-order valence-corrected chi connectivity index (χ3v) is 5.35. The van der Waals surface area contributed by atoms with E-state index in [1.165, 1.54) is 16.7 Å². The van der Waals surface area contributed by atoms with Gasteiger partial charge in [0.1, 0.15) is 5.60 Å². The molecule has 28 heavy (non-hydrogen) atoms. The Hall–Kier alpha value is -2.54. The number of amides is 2. The van der Waals surface area contributed by atoms with Crippen molar-refractivity contribution in [1.29, 1.82) is 0 Å². The summed E-state index contributed by atoms with van der Waals surface area (Å²) in [6.07, 6.45) is 1.24. The second-order valence-electron chi connectivity index (χ2n) is 7.50. The number of pyridine rings is 1. The zero-order chi connectivity index (χ0) is 20.1. The molecular weight excluding hydrogens is 374 g/mol. The molecule has 0 bridgehead atoms. The second kappa shape index (κ2) is 8.65. The van der Waals surface area contributed by atoms with E-state index >= 15 is 0 Å². The zero-order valence-electron chi connectivity index (χ0n) is 16.3. The highest BCUT2D eigenvalue weighted by Crippen LogP contribution is 2.28. The van der Waals surface area contributed by atoms with Gasteiger partial charge in [0, 0.05) is 18.5 Å². The van der Waals surface area contributed by atoms with Crippen LogP contribution in [0.4, 0.5) is 4.79 Å². The van der Waals surface area contributed by atoms with Gasteiger partial charge in [0.15, 0.2) is 5.37 Å². The van der Waals surface area contributed by atoms with Crippen LogP contribution in [0.2, 0.25) is 0 Å². The first-order chi connectivity index (χ1) is 13.3. The zero-order valence-corrected chi connectivity index (χ0v) is 17.1. The molecule has 2 heterocycles. The number of nitrogens with zero attached hydrogens (tertiary/aromatic N) is 2. The molecule has 1 unspecified atom stereocenters. The van der Waals surface area contributed by atoms with Crippen LogP contribution in [-0.4, -0.2) is 45.2 Å². The lowest BCUT2D eigenvalue weighted by Gasteiger charge is -2.28. The molecule has 0 spiro atoms. The number of carbonyl (C=O) groups excluding carboxylic acids is 2. The van der Waals surface area contributed by atoms with Crippen molar-refractivity contribution in [3.63, 3.8) is 0 Å². The van der Waals surface area contributed by atoms with Crippen molar-refractivity contribution >= 4 is 23.8 Å². The summed E-state index contributed by atoms with van der Waals surface area (Å²) in [6.45, 7) is 5.93. The lowest BCUT2D eigenvalue weighted by Crippen LogP contribution is -2.47. The van der Waals surface area contributed by atoms with E-state index < -0.39 is 23.1 Å². The largest absolute Gasteiger partial charge is 0.444 e. The SMILES string of the molecule is CC(C)(C)OC(=O)N1CCSC1C(=O)N[C@H](c1ccccc1)c1ccccn1. The van der Waals surface area contributed by atoms with Gasteiger partial charge in [0.25, 0.3) is 5.91 Å². The molecule has 1 fully saturated rings. The highest BCUT2D eigenvalue weighted by Gasteiger charge is 2.38. The van der Waals surface area contributed by atoms with Crippen molar-refractivity contribution in [2.24, 2.45) is 0 Å². The van der Waals surface area contributed by atoms with Crippen molar-refractivity contribution in [2.45, 2.75) is 37.8 Å². The molecule has 1 aromatic carbocycles. The molecule has 2 atom stereocenters. The summed E-state index contributed by atoms with van der Waals surface area (Å²) in [5.74, 6) is 0.463. The van der Waals surface area contributed by atoms with Gasteiger partial charge in [-0.15, -0.1) is 11.8 Å². The van der Waals surface area contributed by atoms with Gasteiger partial charge in [-0.05, 0) is 38.5 Å². The van der Waals surface area contributed by atoms with Gasteiger partial charge in [0.05, 0.1) is 11.7 Å². The minimum Gasteiger partial charge on any atom is -0.444 e. The molecule has 1 N–H and O–H groups in total. The molecule has 148 valence electrons. The van der Waals surface area contributed by atoms with E-state index in [-0.39, 0.29) is 5.91 Å². The Balaban J connectivity index is 1.79. The summed E-state index contributed by atoms with van der Waals surface area (Å²) in [7, 11) is 0. The Kier molecular flexibility index (Phi) is 6.24. The molecule has 2 aromatic rings. The topological polar surface area (TPSA) is 71.5 Å². The van der Waals surface area contributed by atoms with E-state index in [0.717, 1.165) is 11.3 Å². The van der Waals surface area contributed by atoms with Crippen LogP contribution in [0.3, 0.4) is 0 Å². The van der Waals surface area contributed by atoms with Crippen LogP contribution in [0.5, 0.6) is 0 Å². The molecule has 1 aliphatic heterocycles. The smallest absolute Gasteiger partial charge is 0.411 e. The van der Waals surface area contributed by atoms with Crippen molar-refractivity contribution in [3.8, 4) is 0 Å². The standard InChI is InChI=1S/C21H25N3O3S/c1-21(2,3)27-20(26)24-13-14-28-19(24)18(25)23-17(15-9-5-4-6-10-15)16-11-7-8-12-22-16/h4-12,17,19H,13-14H2,1-3H3,(H,23,25)/t17-,19?/m1/s1. The monoisotopic (exact) mass is 399 g/mol. The number of ether oxygens (including phenoxy) is 1. The van der Waals surface area contributed by atoms with Gasteiger partial charge in [0.2, 0.25) is 0 Å². The fourth-order valence-corrected chi connectivity index (χ4v) is 4.04. The second-order valence-corrected chi connectivity index (χ2v) is 8.69. The molecule has 1 saturated heterocycles. The summed E-state index contributed by atoms with van der Waals surface area (Å²) in [4.78, 5) is 31.5. The van der Waals surface area contributed by atoms with Gasteiger partial charge < -0.3 is 10.1 Å². The molecule has 0 aliphatic carbocycles. The third-order valence-electron chi connectivity index (χ3n) is 4.15. The molecular formula is C21H25N3O3S. The number of hydrogen-bond acceptors (Lipinski definition) is 5. The lowest BCUT2D eigenvalue weighted by molar-refractivity contribution is -0.123. The number of hydrogen-bond donors (Lipinski definition) is 1. The Labute approximate surface area is 169 Å². The highest BCUT2D eigenvalue weighted by molar-refractivity contribution is 8.00. The maximum Gasteiger partial charge on any atom is 0.411 e. The molecule has 0 saturated carbocycles. The first kappa shape index (κ1) is 20.2. The number of nitrogens with one attached hydrogen (secondary N) is 1. The van der Waals surface area contributed by atoms with Crippen molar-refractivity contribution in [3.05, 3.63) is 66.0 Å². The van der Waals surface area contributed by atoms with Crippen LogP contribution in [0.15, 0.2) is 54.7 Å². The summed E-state index contributed by atoms with van der Waals surface area (Å²) in [5.41, 5.74) is 1.07. The Morgan fingerprint density at radius 2 is 1.89 bits per heavy atom. The van der Waals surface area contributed by atoms with Crippen molar-refractivity contribution in [1.82, 2.24) is 15.2 Å². The third kappa shape index (κ3) is 5.04. The molecule has 1 aliphatic rings. The maximum atomic E-state index is 13.1. The molecule has 2 amide bonds. The van der Waals surface area contributed by atoms with E-state index in [9.17, 15) is 9.59 Å². The van der Waals surface area contributed by atoms with Crippen LogP contribution in [-0.2, 0) is 9.53 Å². The van der Waals surface area contributed by atoms with Gasteiger partial charge in [-0.3, -0.25) is 14.7 Å². The van der Waals surface area contributed by atoms with E-state index in [1.807, 2.05) is 69.3 Å². The van der Waals surface area contributed by atoms with E-state index in [2.05, 4.69) is 10.3 Å². The molecule has 3 rings (SSSR count). The molecule has 0 radical (unpaired) electrons. The first-order valence-electron chi connectivity index (χ1n) is 9.22. The summed E-state index contributed by atoms with van der Waals surface area (Å²) in [5, 5.41) is 2.45. The maximum absolute atomic E-state index is 13.1. The minimum atomic E-state index is -0.621. The lowest BCUT2D eigenvalue weighted by atomic mass is 10.0. The van der Waals surface area contributed by atoms with Crippen LogP contribution >= 0.6 is 11.8 Å². The van der Waals surface area contributed by atoms with E-state index in [4.69, 9.17) is 4.74 Å². The normalized spacial score (nSPS) is 17.8. The average Bonchev–Trinajstić information content (AvgIpc) is 3.16. The minimum absolute atomic E-state index is 0.229. The Bertz CT molecular complexity index is 769. The Morgan fingerprint density at radius 1 is 1.18 bits per heavy atom. The van der Waals surface area contributed by atoms with E-state index in [1.54, 1.807) is 6.20 Å².